The van der Waals surface area contributed by atoms with Crippen molar-refractivity contribution in [2.45, 2.75) is 25.9 Å². The number of rotatable bonds is 4. The van der Waals surface area contributed by atoms with E-state index in [1.807, 2.05) is 40.7 Å². The first-order valence-electron chi connectivity index (χ1n) is 7.80. The molecular weight excluding hydrogens is 310 g/mol. The smallest absolute Gasteiger partial charge is 0.228 e. The van der Waals surface area contributed by atoms with Gasteiger partial charge in [0.25, 0.3) is 0 Å². The van der Waals surface area contributed by atoms with Crippen molar-refractivity contribution in [3.05, 3.63) is 46.4 Å². The molecule has 1 aliphatic heterocycles. The van der Waals surface area contributed by atoms with Crippen LogP contribution in [0.3, 0.4) is 0 Å². The van der Waals surface area contributed by atoms with Crippen molar-refractivity contribution in [2.75, 3.05) is 13.6 Å². The van der Waals surface area contributed by atoms with Gasteiger partial charge >= 0.3 is 0 Å². The van der Waals surface area contributed by atoms with Crippen molar-refractivity contribution in [1.29, 1.82) is 0 Å². The van der Waals surface area contributed by atoms with Gasteiger partial charge in [0.2, 0.25) is 11.8 Å². The van der Waals surface area contributed by atoms with Gasteiger partial charge in [-0.2, -0.15) is 0 Å². The van der Waals surface area contributed by atoms with Crippen LogP contribution in [0, 0.1) is 5.92 Å². The molecule has 1 N–H and O–H groups in total. The highest BCUT2D eigenvalue weighted by atomic mass is 32.1. The third-order valence-corrected chi connectivity index (χ3v) is 5.10. The lowest BCUT2D eigenvalue weighted by Crippen LogP contribution is -2.36. The maximum absolute atomic E-state index is 12.7. The first kappa shape index (κ1) is 15.8. The predicted octanol–water partition coefficient (Wildman–Crippen LogP) is 1.89. The summed E-state index contributed by atoms with van der Waals surface area (Å²) in [5, 5.41) is 4.67. The number of amides is 2. The SMILES string of the molecule is CNC(=O)C[C@@H]1CN(C(=O)Cc2cccs2)Cc2cccn2C1. The zero-order valence-electron chi connectivity index (χ0n) is 13.2. The maximum Gasteiger partial charge on any atom is 0.228 e. The quantitative estimate of drug-likeness (QED) is 0.930. The molecule has 3 heterocycles. The van der Waals surface area contributed by atoms with E-state index in [0.29, 0.717) is 25.9 Å². The van der Waals surface area contributed by atoms with Gasteiger partial charge in [0.1, 0.15) is 0 Å². The summed E-state index contributed by atoms with van der Waals surface area (Å²) in [5.41, 5.74) is 1.13. The molecule has 0 bridgehead atoms. The van der Waals surface area contributed by atoms with Crippen LogP contribution in [0.15, 0.2) is 35.8 Å². The molecule has 0 aliphatic carbocycles. The van der Waals surface area contributed by atoms with E-state index in [-0.39, 0.29) is 17.7 Å². The Morgan fingerprint density at radius 3 is 2.91 bits per heavy atom. The van der Waals surface area contributed by atoms with Gasteiger partial charge in [-0.1, -0.05) is 6.07 Å². The van der Waals surface area contributed by atoms with E-state index in [1.165, 1.54) is 0 Å². The second-order valence-electron chi connectivity index (χ2n) is 5.93. The summed E-state index contributed by atoms with van der Waals surface area (Å²) in [6, 6.07) is 8.01. The Morgan fingerprint density at radius 1 is 1.30 bits per heavy atom. The molecule has 0 radical (unpaired) electrons. The van der Waals surface area contributed by atoms with Crippen LogP contribution >= 0.6 is 11.3 Å². The fraction of sp³-hybridized carbons (Fsp3) is 0.412. The van der Waals surface area contributed by atoms with Gasteiger partial charge in [0.05, 0.1) is 13.0 Å². The summed E-state index contributed by atoms with van der Waals surface area (Å²) in [5.74, 6) is 0.288. The van der Waals surface area contributed by atoms with Crippen molar-refractivity contribution >= 4 is 23.2 Å². The first-order valence-corrected chi connectivity index (χ1v) is 8.68. The van der Waals surface area contributed by atoms with Crippen molar-refractivity contribution in [3.63, 3.8) is 0 Å². The lowest BCUT2D eigenvalue weighted by molar-refractivity contribution is -0.132. The molecule has 6 heteroatoms. The number of nitrogens with one attached hydrogen (secondary N) is 1. The van der Waals surface area contributed by atoms with E-state index >= 15 is 0 Å². The third kappa shape index (κ3) is 3.82. The summed E-state index contributed by atoms with van der Waals surface area (Å²) in [6.07, 6.45) is 2.90. The van der Waals surface area contributed by atoms with Gasteiger partial charge in [-0.15, -0.1) is 11.3 Å². The predicted molar refractivity (Wildman–Crippen MR) is 90.0 cm³/mol. The second-order valence-corrected chi connectivity index (χ2v) is 6.96. The Labute approximate surface area is 139 Å². The molecule has 0 spiro atoms. The molecule has 0 fully saturated rings. The van der Waals surface area contributed by atoms with Gasteiger partial charge in [-0.25, -0.2) is 0 Å². The van der Waals surface area contributed by atoms with Crippen molar-refractivity contribution in [1.82, 2.24) is 14.8 Å². The lowest BCUT2D eigenvalue weighted by atomic mass is 10.0. The second kappa shape index (κ2) is 7.00. The highest BCUT2D eigenvalue weighted by molar-refractivity contribution is 7.10. The van der Waals surface area contributed by atoms with Crippen LogP contribution in [-0.4, -0.2) is 34.9 Å². The van der Waals surface area contributed by atoms with Crippen molar-refractivity contribution in [3.8, 4) is 0 Å². The topological polar surface area (TPSA) is 54.3 Å². The molecule has 5 nitrogen and oxygen atoms in total. The Bertz CT molecular complexity index is 678. The largest absolute Gasteiger partial charge is 0.359 e. The van der Waals surface area contributed by atoms with Crippen LogP contribution in [0.5, 0.6) is 0 Å². The minimum Gasteiger partial charge on any atom is -0.359 e. The fourth-order valence-electron chi connectivity index (χ4n) is 3.04. The number of carbonyl (C=O) groups is 2. The van der Waals surface area contributed by atoms with E-state index in [2.05, 4.69) is 9.88 Å². The Morgan fingerprint density at radius 2 is 2.17 bits per heavy atom. The number of thiophene rings is 1. The van der Waals surface area contributed by atoms with Crippen LogP contribution in [0.1, 0.15) is 17.0 Å². The van der Waals surface area contributed by atoms with Gasteiger partial charge in [0, 0.05) is 49.2 Å². The van der Waals surface area contributed by atoms with Crippen molar-refractivity contribution < 1.29 is 9.59 Å². The molecule has 122 valence electrons. The first-order chi connectivity index (χ1) is 11.2. The molecule has 2 aromatic rings. The van der Waals surface area contributed by atoms with Crippen LogP contribution < -0.4 is 5.32 Å². The molecule has 0 aromatic carbocycles. The summed E-state index contributed by atoms with van der Waals surface area (Å²) >= 11 is 1.61. The molecule has 1 aliphatic rings. The molecule has 0 unspecified atom stereocenters. The monoisotopic (exact) mass is 331 g/mol. The number of hydrogen-bond donors (Lipinski definition) is 1. The van der Waals surface area contributed by atoms with Gasteiger partial charge in [-0.3, -0.25) is 9.59 Å². The Kier molecular flexibility index (Phi) is 4.81. The Balaban J connectivity index is 1.76. The minimum absolute atomic E-state index is 0.0243. The average Bonchev–Trinajstić information content (AvgIpc) is 3.16. The minimum atomic E-state index is 0.0243. The summed E-state index contributed by atoms with van der Waals surface area (Å²) in [7, 11) is 1.65. The molecule has 0 saturated heterocycles. The molecule has 23 heavy (non-hydrogen) atoms. The highest BCUT2D eigenvalue weighted by Gasteiger charge is 2.26. The van der Waals surface area contributed by atoms with Crippen LogP contribution in [0.4, 0.5) is 0 Å². The molecule has 3 rings (SSSR count). The average molecular weight is 331 g/mol. The molecule has 1 atom stereocenters. The van der Waals surface area contributed by atoms with Gasteiger partial charge in [-0.05, 0) is 23.6 Å². The van der Waals surface area contributed by atoms with E-state index < -0.39 is 0 Å². The molecular formula is C17H21N3O2S. The van der Waals surface area contributed by atoms with E-state index in [1.54, 1.807) is 18.4 Å². The van der Waals surface area contributed by atoms with Crippen molar-refractivity contribution in [2.24, 2.45) is 5.92 Å². The van der Waals surface area contributed by atoms with Gasteiger partial charge in [0.15, 0.2) is 0 Å². The van der Waals surface area contributed by atoms with E-state index in [4.69, 9.17) is 0 Å². The normalized spacial score (nSPS) is 17.4. The third-order valence-electron chi connectivity index (χ3n) is 4.22. The number of nitrogens with zero attached hydrogens (tertiary/aromatic N) is 2. The number of hydrogen-bond acceptors (Lipinski definition) is 3. The summed E-state index contributed by atoms with van der Waals surface area (Å²) in [4.78, 5) is 27.4. The standard InChI is InChI=1S/C17H21N3O2S/c1-18-16(21)8-13-10-19-6-2-4-14(19)12-20(11-13)17(22)9-15-5-3-7-23-15/h2-7,13H,8-12H2,1H3,(H,18,21)/t13-/m0/s1. The number of fused-ring (bicyclic) bond motifs is 1. The Hall–Kier alpha value is -2.08. The lowest BCUT2D eigenvalue weighted by Gasteiger charge is -2.24. The van der Waals surface area contributed by atoms with E-state index in [9.17, 15) is 9.59 Å². The van der Waals surface area contributed by atoms with Crippen LogP contribution in [0.2, 0.25) is 0 Å². The zero-order valence-corrected chi connectivity index (χ0v) is 14.0. The molecule has 2 aromatic heterocycles. The van der Waals surface area contributed by atoms with E-state index in [0.717, 1.165) is 17.1 Å². The van der Waals surface area contributed by atoms with Gasteiger partial charge < -0.3 is 14.8 Å². The van der Waals surface area contributed by atoms with Crippen LogP contribution in [-0.2, 0) is 29.1 Å². The number of carbonyl (C=O) groups excluding carboxylic acids is 2. The summed E-state index contributed by atoms with van der Waals surface area (Å²) in [6.45, 7) is 2.01. The maximum atomic E-state index is 12.7. The fourth-order valence-corrected chi connectivity index (χ4v) is 3.73. The number of aromatic nitrogens is 1. The van der Waals surface area contributed by atoms with Crippen LogP contribution in [0.25, 0.3) is 0 Å². The highest BCUT2D eigenvalue weighted by Crippen LogP contribution is 2.21. The zero-order chi connectivity index (χ0) is 16.2. The molecule has 0 saturated carbocycles. The summed E-state index contributed by atoms with van der Waals surface area (Å²) < 4.78 is 2.16. The molecule has 2 amide bonds.